The number of phosphoric acid groups is 1. The number of hydroxylamine groups is 1. The van der Waals surface area contributed by atoms with Crippen molar-refractivity contribution in [3.05, 3.63) is 0 Å². The number of rotatable bonds is 6. The molecule has 0 spiro atoms. The summed E-state index contributed by atoms with van der Waals surface area (Å²) in [7, 11) is -4.45. The largest absolute Gasteiger partial charge is 0.510 e. The average molecular weight is 227 g/mol. The van der Waals surface area contributed by atoms with Crippen LogP contribution in [0.1, 0.15) is 12.8 Å². The van der Waals surface area contributed by atoms with Crippen LogP contribution in [-0.4, -0.2) is 16.7 Å². The Hall–Kier alpha value is -0.990. The van der Waals surface area contributed by atoms with Gasteiger partial charge in [-0.05, 0) is 0 Å². The van der Waals surface area contributed by atoms with E-state index in [9.17, 15) is 14.2 Å². The molecule has 10 heteroatoms. The molecule has 0 radical (unpaired) electrons. The van der Waals surface area contributed by atoms with E-state index in [1.807, 2.05) is 0 Å². The van der Waals surface area contributed by atoms with Crippen LogP contribution in [0, 0.1) is 0 Å². The molecule has 0 bridgehead atoms. The molecule has 0 aliphatic carbocycles. The first-order valence-electron chi connectivity index (χ1n) is 3.34. The monoisotopic (exact) mass is 227 g/mol. The zero-order valence-electron chi connectivity index (χ0n) is 7.00. The van der Waals surface area contributed by atoms with E-state index in [2.05, 4.69) is 15.1 Å². The summed E-state index contributed by atoms with van der Waals surface area (Å²) in [5, 5.41) is 0. The summed E-state index contributed by atoms with van der Waals surface area (Å²) in [5.74, 6) is 2.88. The molecule has 14 heavy (non-hydrogen) atoms. The standard InChI is InChI=1S/C4H10N3O6P/c5-3(8)1-2-4(9)7-13-14(10,11)12-6/h1-2,6H2,(H2,5,8)(H,7,9)(H,10,11). The lowest BCUT2D eigenvalue weighted by Crippen LogP contribution is -2.25. The summed E-state index contributed by atoms with van der Waals surface area (Å²) in [4.78, 5) is 29.5. The van der Waals surface area contributed by atoms with Crippen LogP contribution >= 0.6 is 7.82 Å². The summed E-state index contributed by atoms with van der Waals surface area (Å²) in [6, 6.07) is 0. The van der Waals surface area contributed by atoms with Crippen molar-refractivity contribution in [1.29, 1.82) is 0 Å². The second-order valence-electron chi connectivity index (χ2n) is 2.16. The van der Waals surface area contributed by atoms with Gasteiger partial charge < -0.3 is 10.6 Å². The zero-order chi connectivity index (χ0) is 11.2. The summed E-state index contributed by atoms with van der Waals surface area (Å²) in [6.45, 7) is 0. The minimum atomic E-state index is -4.45. The third-order valence-electron chi connectivity index (χ3n) is 1.01. The van der Waals surface area contributed by atoms with Crippen molar-refractivity contribution >= 4 is 19.6 Å². The molecule has 9 nitrogen and oxygen atoms in total. The van der Waals surface area contributed by atoms with Crippen LogP contribution in [0.4, 0.5) is 0 Å². The van der Waals surface area contributed by atoms with Gasteiger partial charge in [0, 0.05) is 12.8 Å². The first kappa shape index (κ1) is 13.0. The predicted molar refractivity (Wildman–Crippen MR) is 42.8 cm³/mol. The lowest BCUT2D eigenvalue weighted by atomic mass is 10.3. The van der Waals surface area contributed by atoms with Crippen LogP contribution < -0.4 is 17.1 Å². The van der Waals surface area contributed by atoms with E-state index < -0.39 is 19.6 Å². The number of carbonyl (C=O) groups is 2. The van der Waals surface area contributed by atoms with Gasteiger partial charge in [0.1, 0.15) is 0 Å². The van der Waals surface area contributed by atoms with Crippen molar-refractivity contribution in [3.8, 4) is 0 Å². The third kappa shape index (κ3) is 6.52. The van der Waals surface area contributed by atoms with E-state index >= 15 is 0 Å². The molecule has 0 saturated heterocycles. The lowest BCUT2D eigenvalue weighted by Gasteiger charge is -2.07. The highest BCUT2D eigenvalue weighted by atomic mass is 31.2. The molecule has 0 saturated carbocycles. The van der Waals surface area contributed by atoms with Crippen molar-refractivity contribution in [1.82, 2.24) is 5.48 Å². The molecule has 1 unspecified atom stereocenters. The Morgan fingerprint density at radius 2 is 2.00 bits per heavy atom. The summed E-state index contributed by atoms with van der Waals surface area (Å²) < 4.78 is 17.9. The third-order valence-corrected chi connectivity index (χ3v) is 1.59. The fourth-order valence-corrected chi connectivity index (χ4v) is 0.678. The van der Waals surface area contributed by atoms with Gasteiger partial charge in [-0.1, -0.05) is 0 Å². The molecule has 0 aliphatic rings. The molecule has 0 aromatic heterocycles. The molecule has 0 aliphatic heterocycles. The van der Waals surface area contributed by atoms with Gasteiger partial charge in [-0.2, -0.15) is 9.25 Å². The molecular weight excluding hydrogens is 217 g/mol. The van der Waals surface area contributed by atoms with Crippen LogP contribution in [0.15, 0.2) is 0 Å². The molecule has 0 rings (SSSR count). The van der Waals surface area contributed by atoms with E-state index in [-0.39, 0.29) is 12.8 Å². The number of amides is 2. The summed E-state index contributed by atoms with van der Waals surface area (Å²) in [5.41, 5.74) is 6.30. The Bertz CT molecular complexity index is 268. The molecule has 2 amide bonds. The topological polar surface area (TPSA) is 154 Å². The fourth-order valence-electron chi connectivity index (χ4n) is 0.418. The summed E-state index contributed by atoms with van der Waals surface area (Å²) in [6.07, 6.45) is -0.464. The van der Waals surface area contributed by atoms with Crippen LogP contribution in [0.5, 0.6) is 0 Å². The quantitative estimate of drug-likeness (QED) is 0.311. The maximum absolute atomic E-state index is 10.7. The second-order valence-corrected chi connectivity index (χ2v) is 3.49. The molecule has 6 N–H and O–H groups in total. The second kappa shape index (κ2) is 5.68. The molecule has 82 valence electrons. The minimum Gasteiger partial charge on any atom is -0.370 e. The van der Waals surface area contributed by atoms with Gasteiger partial charge in [0.25, 0.3) is 0 Å². The van der Waals surface area contributed by atoms with E-state index in [1.54, 1.807) is 5.48 Å². The van der Waals surface area contributed by atoms with Crippen molar-refractivity contribution in [2.45, 2.75) is 12.8 Å². The Morgan fingerprint density at radius 3 is 2.43 bits per heavy atom. The number of hydrogen-bond acceptors (Lipinski definition) is 6. The molecule has 1 atom stereocenters. The Morgan fingerprint density at radius 1 is 1.43 bits per heavy atom. The van der Waals surface area contributed by atoms with Gasteiger partial charge in [0.05, 0.1) is 0 Å². The number of nitrogens with one attached hydrogen (secondary N) is 1. The molecule has 0 aromatic carbocycles. The SMILES string of the molecule is NOP(=O)(O)ONC(=O)CCC(N)=O. The van der Waals surface area contributed by atoms with Crippen molar-refractivity contribution in [3.63, 3.8) is 0 Å². The van der Waals surface area contributed by atoms with Crippen LogP contribution in [0.3, 0.4) is 0 Å². The van der Waals surface area contributed by atoms with E-state index in [4.69, 9.17) is 10.6 Å². The zero-order valence-corrected chi connectivity index (χ0v) is 7.90. The van der Waals surface area contributed by atoms with Gasteiger partial charge >= 0.3 is 7.82 Å². The fraction of sp³-hybridized carbons (Fsp3) is 0.500. The smallest absolute Gasteiger partial charge is 0.370 e. The number of nitrogens with two attached hydrogens (primary N) is 2. The summed E-state index contributed by atoms with van der Waals surface area (Å²) >= 11 is 0. The first-order chi connectivity index (χ1) is 6.37. The van der Waals surface area contributed by atoms with Gasteiger partial charge in [0.15, 0.2) is 0 Å². The molecular formula is C4H10N3O6P. The Labute approximate surface area is 78.9 Å². The van der Waals surface area contributed by atoms with Crippen molar-refractivity contribution in [2.75, 3.05) is 0 Å². The van der Waals surface area contributed by atoms with Gasteiger partial charge in [-0.3, -0.25) is 9.59 Å². The predicted octanol–water partition coefficient (Wildman–Crippen LogP) is -1.71. The first-order valence-corrected chi connectivity index (χ1v) is 4.84. The van der Waals surface area contributed by atoms with Crippen LogP contribution in [-0.2, 0) is 23.4 Å². The van der Waals surface area contributed by atoms with E-state index in [0.717, 1.165) is 0 Å². The molecule has 0 aromatic rings. The number of primary amides is 1. The van der Waals surface area contributed by atoms with Crippen molar-refractivity contribution < 1.29 is 28.3 Å². The van der Waals surface area contributed by atoms with E-state index in [0.29, 0.717) is 0 Å². The molecule has 0 heterocycles. The van der Waals surface area contributed by atoms with Crippen molar-refractivity contribution in [2.24, 2.45) is 11.6 Å². The van der Waals surface area contributed by atoms with Crippen LogP contribution in [0.2, 0.25) is 0 Å². The maximum atomic E-state index is 10.7. The lowest BCUT2D eigenvalue weighted by molar-refractivity contribution is -0.130. The molecule has 0 fully saturated rings. The highest BCUT2D eigenvalue weighted by Crippen LogP contribution is 2.39. The highest BCUT2D eigenvalue weighted by molar-refractivity contribution is 7.47. The average Bonchev–Trinajstić information content (AvgIpc) is 2.11. The maximum Gasteiger partial charge on any atom is 0.510 e. The normalized spacial score (nSPS) is 14.4. The van der Waals surface area contributed by atoms with Gasteiger partial charge in [0.2, 0.25) is 11.8 Å². The number of hydrogen-bond donors (Lipinski definition) is 4. The Kier molecular flexibility index (Phi) is 5.28. The highest BCUT2D eigenvalue weighted by Gasteiger charge is 2.21. The Balaban J connectivity index is 3.75. The minimum absolute atomic E-state index is 0.200. The van der Waals surface area contributed by atoms with Gasteiger partial charge in [-0.15, -0.1) is 0 Å². The number of carbonyl (C=O) groups excluding carboxylic acids is 2. The van der Waals surface area contributed by atoms with E-state index in [1.165, 1.54) is 0 Å². The van der Waals surface area contributed by atoms with Crippen LogP contribution in [0.25, 0.3) is 0 Å². The van der Waals surface area contributed by atoms with Gasteiger partial charge in [-0.25, -0.2) is 15.9 Å².